The van der Waals surface area contributed by atoms with E-state index in [0.29, 0.717) is 51.6 Å². The lowest BCUT2D eigenvalue weighted by Gasteiger charge is -2.60. The number of fused-ring (bicyclic) bond motifs is 5. The molecule has 2 heterocycles. The van der Waals surface area contributed by atoms with Gasteiger partial charge in [-0.3, -0.25) is 4.79 Å². The molecule has 3 saturated carbocycles. The average molecular weight is 578 g/mol. The van der Waals surface area contributed by atoms with Crippen molar-refractivity contribution < 1.29 is 4.79 Å². The van der Waals surface area contributed by atoms with Gasteiger partial charge in [0.2, 0.25) is 0 Å². The molecular weight excluding hydrogens is 547 g/mol. The quantitative estimate of drug-likeness (QED) is 0.209. The third-order valence-electron chi connectivity index (χ3n) is 9.43. The van der Waals surface area contributed by atoms with Gasteiger partial charge >= 0.3 is 0 Å². The molecule has 3 unspecified atom stereocenters. The van der Waals surface area contributed by atoms with Crippen LogP contribution in [0.15, 0.2) is 48.5 Å². The number of hydrogen-bond donors (Lipinski definition) is 2. The summed E-state index contributed by atoms with van der Waals surface area (Å²) in [4.78, 5) is 15.9. The molecule has 3 fully saturated rings. The number of aromatic nitrogens is 2. The topological polar surface area (TPSA) is 72.9 Å². The molecule has 5 nitrogen and oxygen atoms in total. The number of thiophene rings is 1. The van der Waals surface area contributed by atoms with Crippen molar-refractivity contribution in [1.82, 2.24) is 15.1 Å². The molecule has 1 amide bonds. The Bertz CT molecular complexity index is 1640. The molecule has 2 aromatic heterocycles. The molecule has 200 valence electrons. The van der Waals surface area contributed by atoms with Crippen LogP contribution in [-0.2, 0) is 6.42 Å². The second-order valence-corrected chi connectivity index (χ2v) is 13.8. The molecule has 4 aromatic rings. The van der Waals surface area contributed by atoms with Crippen molar-refractivity contribution in [2.75, 3.05) is 12.3 Å². The predicted molar refractivity (Wildman–Crippen MR) is 160 cm³/mol. The van der Waals surface area contributed by atoms with Crippen molar-refractivity contribution in [2.24, 2.45) is 23.2 Å². The summed E-state index contributed by atoms with van der Waals surface area (Å²) in [5.74, 6) is 1.94. The molecule has 0 saturated heterocycles. The smallest absolute Gasteiger partial charge is 0.272 e. The van der Waals surface area contributed by atoms with Crippen molar-refractivity contribution in [1.29, 1.82) is 0 Å². The van der Waals surface area contributed by atoms with Gasteiger partial charge in [0.25, 0.3) is 5.91 Å². The second kappa shape index (κ2) is 9.12. The summed E-state index contributed by atoms with van der Waals surface area (Å²) in [5.41, 5.74) is 12.5. The van der Waals surface area contributed by atoms with Gasteiger partial charge in [0.1, 0.15) is 0 Å². The minimum atomic E-state index is -0.111. The summed E-state index contributed by atoms with van der Waals surface area (Å²) in [6.07, 6.45) is 4.40. The molecule has 8 rings (SSSR count). The first-order valence-electron chi connectivity index (χ1n) is 13.5. The van der Waals surface area contributed by atoms with E-state index in [0.717, 1.165) is 38.2 Å². The van der Waals surface area contributed by atoms with Crippen LogP contribution >= 0.6 is 34.5 Å². The summed E-state index contributed by atoms with van der Waals surface area (Å²) < 4.78 is 1.83. The first kappa shape index (κ1) is 25.2. The molecule has 0 spiro atoms. The Labute approximate surface area is 242 Å². The summed E-state index contributed by atoms with van der Waals surface area (Å²) >= 11 is 14.6. The fraction of sp³-hybridized carbons (Fsp3) is 0.355. The highest BCUT2D eigenvalue weighted by Gasteiger charge is 2.54. The first-order chi connectivity index (χ1) is 18.7. The Hall–Kier alpha value is -2.80. The van der Waals surface area contributed by atoms with Gasteiger partial charge in [0.05, 0.1) is 21.3 Å². The van der Waals surface area contributed by atoms with Gasteiger partial charge in [-0.05, 0) is 90.0 Å². The molecule has 3 N–H and O–H groups in total. The van der Waals surface area contributed by atoms with Crippen molar-refractivity contribution in [3.05, 3.63) is 75.4 Å². The summed E-state index contributed by atoms with van der Waals surface area (Å²) in [6, 6.07) is 15.5. The summed E-state index contributed by atoms with van der Waals surface area (Å²) in [7, 11) is 0. The van der Waals surface area contributed by atoms with Crippen LogP contribution in [0, 0.1) is 23.2 Å². The number of amides is 1. The number of carbonyl (C=O) groups is 1. The van der Waals surface area contributed by atoms with Crippen LogP contribution in [0.5, 0.6) is 0 Å². The zero-order valence-corrected chi connectivity index (χ0v) is 24.3. The molecule has 3 atom stereocenters. The van der Waals surface area contributed by atoms with Crippen LogP contribution in [0.25, 0.3) is 26.7 Å². The largest absolute Gasteiger partial charge is 0.399 e. The zero-order chi connectivity index (χ0) is 27.1. The lowest BCUT2D eigenvalue weighted by molar-refractivity contribution is -0.103. The Morgan fingerprint density at radius 1 is 1.18 bits per heavy atom. The van der Waals surface area contributed by atoms with E-state index < -0.39 is 0 Å². The van der Waals surface area contributed by atoms with Crippen LogP contribution in [0.4, 0.5) is 5.69 Å². The number of halogens is 2. The number of nitrogens with one attached hydrogen (secondary N) is 1. The number of hydrogen-bond acceptors (Lipinski definition) is 4. The number of rotatable bonds is 5. The third-order valence-corrected chi connectivity index (χ3v) is 11.2. The van der Waals surface area contributed by atoms with Crippen molar-refractivity contribution >= 4 is 46.1 Å². The maximum absolute atomic E-state index is 13.7. The molecule has 4 aliphatic rings. The molecule has 2 bridgehead atoms. The lowest BCUT2D eigenvalue weighted by atomic mass is 9.45. The molecular formula is C31H30Cl2N4OS. The molecule has 39 heavy (non-hydrogen) atoms. The molecule has 0 radical (unpaired) electrons. The average Bonchev–Trinajstić information content (AvgIpc) is 3.57. The van der Waals surface area contributed by atoms with Gasteiger partial charge in [-0.1, -0.05) is 49.2 Å². The monoisotopic (exact) mass is 576 g/mol. The normalized spacial score (nSPS) is 22.2. The number of nitrogens with zero attached hydrogens (tertiary/aromatic N) is 2. The standard InChI is InChI=1S/C31H30Cl2N4OS/c1-31(2)19-7-6-17(23(31)13-19)15-35-30(38)27-22-11-18-12-26(16-4-3-5-21(34)10-16)39-29(18)28(22)37(36-27)25-9-8-20(32)14-24(25)33/h3-5,8-10,12,14,17,19,23H,6-7,11,13,15,34H2,1-2H3,(H,35,38). The third kappa shape index (κ3) is 4.02. The van der Waals surface area contributed by atoms with Crippen LogP contribution in [0.1, 0.15) is 54.7 Å². The van der Waals surface area contributed by atoms with E-state index in [1.165, 1.54) is 24.8 Å². The first-order valence-corrected chi connectivity index (χ1v) is 15.1. The van der Waals surface area contributed by atoms with E-state index in [2.05, 4.69) is 31.3 Å². The van der Waals surface area contributed by atoms with Gasteiger partial charge in [0, 0.05) is 34.1 Å². The Morgan fingerprint density at radius 3 is 2.77 bits per heavy atom. The van der Waals surface area contributed by atoms with Gasteiger partial charge in [-0.15, -0.1) is 11.3 Å². The SMILES string of the molecule is CC1(C)C2CCC(CNC(=O)c3nn(-c4ccc(Cl)cc4Cl)c4c3Cc3cc(-c5cccc(N)c5)sc3-4)C1C2. The van der Waals surface area contributed by atoms with E-state index in [1.54, 1.807) is 23.5 Å². The maximum Gasteiger partial charge on any atom is 0.272 e. The zero-order valence-electron chi connectivity index (χ0n) is 21.9. The minimum Gasteiger partial charge on any atom is -0.399 e. The van der Waals surface area contributed by atoms with Gasteiger partial charge in [0.15, 0.2) is 5.69 Å². The van der Waals surface area contributed by atoms with Crippen LogP contribution in [0.3, 0.4) is 0 Å². The Kier molecular flexibility index (Phi) is 5.89. The minimum absolute atomic E-state index is 0.111. The number of nitrogens with two attached hydrogens (primary N) is 1. The fourth-order valence-corrected chi connectivity index (χ4v) is 8.88. The highest BCUT2D eigenvalue weighted by atomic mass is 35.5. The summed E-state index contributed by atoms with van der Waals surface area (Å²) in [5, 5.41) is 9.18. The van der Waals surface area contributed by atoms with E-state index >= 15 is 0 Å². The summed E-state index contributed by atoms with van der Waals surface area (Å²) in [6.45, 7) is 5.48. The molecule has 0 aliphatic heterocycles. The van der Waals surface area contributed by atoms with Crippen molar-refractivity contribution in [3.63, 3.8) is 0 Å². The number of carbonyl (C=O) groups excluding carboxylic acids is 1. The van der Waals surface area contributed by atoms with Crippen molar-refractivity contribution in [2.45, 2.75) is 39.5 Å². The van der Waals surface area contributed by atoms with Crippen LogP contribution in [-0.4, -0.2) is 22.2 Å². The highest BCUT2D eigenvalue weighted by molar-refractivity contribution is 7.19. The van der Waals surface area contributed by atoms with Crippen LogP contribution < -0.4 is 11.1 Å². The Balaban J connectivity index is 1.25. The predicted octanol–water partition coefficient (Wildman–Crippen LogP) is 7.86. The van der Waals surface area contributed by atoms with Crippen molar-refractivity contribution in [3.8, 4) is 26.7 Å². The highest BCUT2D eigenvalue weighted by Crippen LogP contribution is 2.61. The second-order valence-electron chi connectivity index (χ2n) is 11.9. The number of nitrogen functional groups attached to an aromatic ring is 1. The van der Waals surface area contributed by atoms with E-state index in [-0.39, 0.29) is 5.91 Å². The molecule has 4 aliphatic carbocycles. The van der Waals surface area contributed by atoms with E-state index in [9.17, 15) is 4.79 Å². The van der Waals surface area contributed by atoms with Gasteiger partial charge in [-0.25, -0.2) is 4.68 Å². The molecule has 2 aromatic carbocycles. The lowest BCUT2D eigenvalue weighted by Crippen LogP contribution is -2.54. The van der Waals surface area contributed by atoms with E-state index in [1.807, 2.05) is 28.9 Å². The fourth-order valence-electron chi connectivity index (χ4n) is 7.16. The maximum atomic E-state index is 13.7. The van der Waals surface area contributed by atoms with Gasteiger partial charge < -0.3 is 11.1 Å². The van der Waals surface area contributed by atoms with Crippen LogP contribution in [0.2, 0.25) is 10.0 Å². The number of benzene rings is 2. The molecule has 8 heteroatoms. The number of anilines is 1. The Morgan fingerprint density at radius 2 is 2.03 bits per heavy atom. The van der Waals surface area contributed by atoms with Gasteiger partial charge in [-0.2, -0.15) is 5.10 Å². The van der Waals surface area contributed by atoms with E-state index in [4.69, 9.17) is 34.0 Å².